The molecule has 0 saturated carbocycles. The van der Waals surface area contributed by atoms with E-state index in [-0.39, 0.29) is 17.6 Å². The van der Waals surface area contributed by atoms with Crippen LogP contribution in [0.2, 0.25) is 5.02 Å². The van der Waals surface area contributed by atoms with Crippen LogP contribution in [0.1, 0.15) is 44.6 Å². The highest BCUT2D eigenvalue weighted by Gasteiger charge is 2.27. The smallest absolute Gasteiger partial charge is 0.315 e. The van der Waals surface area contributed by atoms with E-state index in [9.17, 15) is 9.59 Å². The average molecular weight is 427 g/mol. The lowest BCUT2D eigenvalue weighted by molar-refractivity contribution is 0.184. The number of aryl methyl sites for hydroxylation is 1. The summed E-state index contributed by atoms with van der Waals surface area (Å²) in [5, 5.41) is 4.04. The van der Waals surface area contributed by atoms with Crippen molar-refractivity contribution in [2.45, 2.75) is 46.7 Å². The molecule has 0 saturated heterocycles. The fourth-order valence-corrected chi connectivity index (χ4v) is 3.89. The maximum atomic E-state index is 13.2. The molecule has 0 aliphatic heterocycles. The lowest BCUT2D eigenvalue weighted by Crippen LogP contribution is -2.41. The molecular formula is C23H27ClN4O2. The highest BCUT2D eigenvalue weighted by molar-refractivity contribution is 6.31. The van der Waals surface area contributed by atoms with E-state index < -0.39 is 0 Å². The zero-order valence-electron chi connectivity index (χ0n) is 17.8. The number of carbonyl (C=O) groups is 1. The molecule has 0 unspecified atom stereocenters. The number of aromatic nitrogens is 2. The number of urea groups is 1. The number of hydrogen-bond acceptors (Lipinski definition) is 3. The third kappa shape index (κ3) is 4.19. The lowest BCUT2D eigenvalue weighted by atomic mass is 10.1. The van der Waals surface area contributed by atoms with Gasteiger partial charge >= 0.3 is 6.03 Å². The van der Waals surface area contributed by atoms with Gasteiger partial charge in [-0.3, -0.25) is 9.36 Å². The van der Waals surface area contributed by atoms with Crippen molar-refractivity contribution < 1.29 is 4.79 Å². The van der Waals surface area contributed by atoms with Crippen LogP contribution in [-0.2, 0) is 6.54 Å². The third-order valence-corrected chi connectivity index (χ3v) is 5.55. The Labute approximate surface area is 181 Å². The van der Waals surface area contributed by atoms with Gasteiger partial charge in [0, 0.05) is 23.8 Å². The minimum absolute atomic E-state index is 0.122. The molecule has 1 aromatic heterocycles. The molecule has 1 N–H and O–H groups in total. The van der Waals surface area contributed by atoms with Crippen molar-refractivity contribution in [2.24, 2.45) is 0 Å². The molecule has 3 rings (SSSR count). The summed E-state index contributed by atoms with van der Waals surface area (Å²) < 4.78 is 1.65. The molecule has 0 spiro atoms. The topological polar surface area (TPSA) is 67.2 Å². The summed E-state index contributed by atoms with van der Waals surface area (Å²) in [5.74, 6) is 0.571. The van der Waals surface area contributed by atoms with Crippen molar-refractivity contribution in [3.63, 3.8) is 0 Å². The van der Waals surface area contributed by atoms with E-state index in [1.54, 1.807) is 27.7 Å². The molecule has 30 heavy (non-hydrogen) atoms. The second-order valence-corrected chi connectivity index (χ2v) is 7.57. The van der Waals surface area contributed by atoms with Crippen molar-refractivity contribution >= 4 is 34.2 Å². The number of para-hydroxylation sites is 1. The van der Waals surface area contributed by atoms with Crippen LogP contribution in [0.4, 0.5) is 10.5 Å². The quantitative estimate of drug-likeness (QED) is 0.575. The van der Waals surface area contributed by atoms with Crippen LogP contribution < -0.4 is 10.9 Å². The van der Waals surface area contributed by atoms with E-state index in [2.05, 4.69) is 5.32 Å². The number of hydrogen-bond donors (Lipinski definition) is 1. The Kier molecular flexibility index (Phi) is 6.77. The van der Waals surface area contributed by atoms with Gasteiger partial charge in [-0.15, -0.1) is 0 Å². The second kappa shape index (κ2) is 9.30. The highest BCUT2D eigenvalue weighted by atomic mass is 35.5. The largest absolute Gasteiger partial charge is 0.322 e. The second-order valence-electron chi connectivity index (χ2n) is 7.14. The van der Waals surface area contributed by atoms with Crippen molar-refractivity contribution in [3.05, 3.63) is 69.2 Å². The molecule has 3 aromatic rings. The average Bonchev–Trinajstić information content (AvgIpc) is 2.73. The van der Waals surface area contributed by atoms with E-state index in [0.29, 0.717) is 41.3 Å². The maximum absolute atomic E-state index is 13.2. The fourth-order valence-electron chi connectivity index (χ4n) is 3.72. The lowest BCUT2D eigenvalue weighted by Gasteiger charge is -2.31. The van der Waals surface area contributed by atoms with E-state index in [0.717, 1.165) is 11.3 Å². The van der Waals surface area contributed by atoms with Crippen LogP contribution in [0.25, 0.3) is 10.9 Å². The number of amides is 2. The Morgan fingerprint density at radius 1 is 1.20 bits per heavy atom. The van der Waals surface area contributed by atoms with E-state index in [1.807, 2.05) is 52.0 Å². The number of fused-ring (bicyclic) bond motifs is 1. The number of nitrogens with zero attached hydrogens (tertiary/aromatic N) is 3. The van der Waals surface area contributed by atoms with Gasteiger partial charge in [0.2, 0.25) is 0 Å². The van der Waals surface area contributed by atoms with E-state index in [1.165, 1.54) is 0 Å². The molecule has 0 fully saturated rings. The van der Waals surface area contributed by atoms with Crippen molar-refractivity contribution in [2.75, 3.05) is 11.9 Å². The number of anilines is 1. The summed E-state index contributed by atoms with van der Waals surface area (Å²) in [5.41, 5.74) is 2.17. The Balaban J connectivity index is 2.06. The molecule has 6 nitrogen and oxygen atoms in total. The Morgan fingerprint density at radius 3 is 2.57 bits per heavy atom. The summed E-state index contributed by atoms with van der Waals surface area (Å²) in [4.78, 5) is 32.7. The fraction of sp³-hybridized carbons (Fsp3) is 0.348. The summed E-state index contributed by atoms with van der Waals surface area (Å²) >= 11 is 6.13. The Bertz CT molecular complexity index is 1130. The predicted molar refractivity (Wildman–Crippen MR) is 122 cm³/mol. The van der Waals surface area contributed by atoms with Gasteiger partial charge in [0.25, 0.3) is 5.56 Å². The summed E-state index contributed by atoms with van der Waals surface area (Å²) in [6, 6.07) is 12.2. The van der Waals surface area contributed by atoms with Crippen molar-refractivity contribution in [1.29, 1.82) is 0 Å². The molecule has 0 aliphatic rings. The van der Waals surface area contributed by atoms with Crippen LogP contribution in [0, 0.1) is 6.92 Å². The number of carbonyl (C=O) groups excluding carboxylic acids is 1. The summed E-state index contributed by atoms with van der Waals surface area (Å²) in [6.07, 6.45) is 0.619. The predicted octanol–water partition coefficient (Wildman–Crippen LogP) is 5.38. The number of rotatable bonds is 6. The first-order valence-corrected chi connectivity index (χ1v) is 10.6. The molecule has 1 atom stereocenters. The zero-order chi connectivity index (χ0) is 21.8. The van der Waals surface area contributed by atoms with Crippen LogP contribution in [-0.4, -0.2) is 27.0 Å². The van der Waals surface area contributed by atoms with Crippen LogP contribution >= 0.6 is 11.6 Å². The van der Waals surface area contributed by atoms with Crippen LogP contribution in [0.5, 0.6) is 0 Å². The summed E-state index contributed by atoms with van der Waals surface area (Å²) in [6.45, 7) is 8.71. The van der Waals surface area contributed by atoms with Gasteiger partial charge in [-0.05, 0) is 57.0 Å². The molecule has 0 aliphatic carbocycles. The first-order valence-electron chi connectivity index (χ1n) is 10.2. The molecule has 2 aromatic carbocycles. The Hall–Kier alpha value is -2.86. The van der Waals surface area contributed by atoms with Gasteiger partial charge in [0.05, 0.1) is 16.9 Å². The first-order chi connectivity index (χ1) is 14.4. The Morgan fingerprint density at radius 2 is 1.93 bits per heavy atom. The monoisotopic (exact) mass is 426 g/mol. The van der Waals surface area contributed by atoms with Gasteiger partial charge in [0.15, 0.2) is 0 Å². The van der Waals surface area contributed by atoms with Gasteiger partial charge in [0.1, 0.15) is 5.82 Å². The molecule has 7 heteroatoms. The minimum atomic E-state index is -0.352. The minimum Gasteiger partial charge on any atom is -0.315 e. The number of halogens is 1. The molecule has 158 valence electrons. The van der Waals surface area contributed by atoms with Crippen molar-refractivity contribution in [3.8, 4) is 0 Å². The molecule has 1 heterocycles. The standard InChI is InChI=1S/C23H27ClN4O2/c1-5-20(27(6-2)23(30)26-18-11-9-8-10-15(18)4)21-25-19-14-16(24)12-13-17(19)22(29)28(21)7-3/h8-14,20H,5-7H2,1-4H3,(H,26,30)/t20-/m1/s1. The van der Waals surface area contributed by atoms with Crippen molar-refractivity contribution in [1.82, 2.24) is 14.5 Å². The van der Waals surface area contributed by atoms with Crippen LogP contribution in [0.15, 0.2) is 47.3 Å². The first kappa shape index (κ1) is 21.8. The summed E-state index contributed by atoms with van der Waals surface area (Å²) in [7, 11) is 0. The zero-order valence-corrected chi connectivity index (χ0v) is 18.5. The van der Waals surface area contributed by atoms with Gasteiger partial charge < -0.3 is 10.2 Å². The number of nitrogens with one attached hydrogen (secondary N) is 1. The van der Waals surface area contributed by atoms with E-state index in [4.69, 9.17) is 16.6 Å². The maximum Gasteiger partial charge on any atom is 0.322 e. The SMILES string of the molecule is CC[C@H](c1nc2cc(Cl)ccc2c(=O)n1CC)N(CC)C(=O)Nc1ccccc1C. The molecule has 0 bridgehead atoms. The molecular weight excluding hydrogens is 400 g/mol. The molecule has 0 radical (unpaired) electrons. The third-order valence-electron chi connectivity index (χ3n) is 5.31. The number of benzene rings is 2. The van der Waals surface area contributed by atoms with Gasteiger partial charge in [-0.1, -0.05) is 36.7 Å². The normalized spacial score (nSPS) is 12.0. The van der Waals surface area contributed by atoms with Gasteiger partial charge in [-0.2, -0.15) is 0 Å². The highest BCUT2D eigenvalue weighted by Crippen LogP contribution is 2.26. The molecule has 2 amide bonds. The van der Waals surface area contributed by atoms with Gasteiger partial charge in [-0.25, -0.2) is 9.78 Å². The van der Waals surface area contributed by atoms with E-state index >= 15 is 0 Å². The van der Waals surface area contributed by atoms with Crippen LogP contribution in [0.3, 0.4) is 0 Å².